The fourth-order valence-corrected chi connectivity index (χ4v) is 1.60. The first-order chi connectivity index (χ1) is 5.72. The number of hydrogen-bond acceptors (Lipinski definition) is 3. The van der Waals surface area contributed by atoms with Gasteiger partial charge in [0.2, 0.25) is 0 Å². The predicted octanol–water partition coefficient (Wildman–Crippen LogP) is 0.444. The fourth-order valence-electron chi connectivity index (χ4n) is 1.60. The predicted molar refractivity (Wildman–Crippen MR) is 50.1 cm³/mol. The van der Waals surface area contributed by atoms with Crippen LogP contribution in [-0.2, 0) is 4.74 Å². The second-order valence-corrected chi connectivity index (χ2v) is 3.64. The van der Waals surface area contributed by atoms with Crippen molar-refractivity contribution in [1.29, 1.82) is 0 Å². The van der Waals surface area contributed by atoms with E-state index in [-0.39, 0.29) is 6.04 Å². The van der Waals surface area contributed by atoms with Crippen LogP contribution in [0.3, 0.4) is 0 Å². The van der Waals surface area contributed by atoms with E-state index in [0.29, 0.717) is 6.10 Å². The molecule has 0 radical (unpaired) electrons. The van der Waals surface area contributed by atoms with Gasteiger partial charge in [-0.15, -0.1) is 0 Å². The molecule has 0 aromatic carbocycles. The molecule has 2 atom stereocenters. The van der Waals surface area contributed by atoms with Crippen LogP contribution in [0.2, 0.25) is 0 Å². The lowest BCUT2D eigenvalue weighted by atomic mass is 10.2. The quantitative estimate of drug-likeness (QED) is 0.671. The van der Waals surface area contributed by atoms with Gasteiger partial charge < -0.3 is 10.5 Å². The lowest BCUT2D eigenvalue weighted by molar-refractivity contribution is -0.0306. The normalized spacial score (nSPS) is 28.8. The van der Waals surface area contributed by atoms with Gasteiger partial charge in [-0.2, -0.15) is 0 Å². The van der Waals surface area contributed by atoms with Gasteiger partial charge in [0.25, 0.3) is 0 Å². The van der Waals surface area contributed by atoms with Crippen molar-refractivity contribution in [2.24, 2.45) is 5.73 Å². The summed E-state index contributed by atoms with van der Waals surface area (Å²) in [6, 6.07) is 0.278. The fraction of sp³-hybridized carbons (Fsp3) is 1.00. The zero-order valence-corrected chi connectivity index (χ0v) is 8.12. The lowest BCUT2D eigenvalue weighted by Crippen LogP contribution is -2.46. The van der Waals surface area contributed by atoms with Crippen LogP contribution in [0.4, 0.5) is 0 Å². The third kappa shape index (κ3) is 3.09. The first-order valence-corrected chi connectivity index (χ1v) is 4.82. The molecule has 0 aromatic rings. The SMILES string of the molecule is CCC1CN(C[C@@H](C)N)CCO1. The van der Waals surface area contributed by atoms with Gasteiger partial charge in [-0.05, 0) is 13.3 Å². The van der Waals surface area contributed by atoms with Crippen LogP contribution in [0.1, 0.15) is 20.3 Å². The average Bonchev–Trinajstić information content (AvgIpc) is 2.03. The van der Waals surface area contributed by atoms with E-state index in [9.17, 15) is 0 Å². The van der Waals surface area contributed by atoms with Crippen LogP contribution >= 0.6 is 0 Å². The molecule has 3 heteroatoms. The van der Waals surface area contributed by atoms with Gasteiger partial charge in [-0.25, -0.2) is 0 Å². The van der Waals surface area contributed by atoms with Gasteiger partial charge >= 0.3 is 0 Å². The molecule has 72 valence electrons. The number of ether oxygens (including phenoxy) is 1. The van der Waals surface area contributed by atoms with E-state index >= 15 is 0 Å². The molecule has 0 amide bonds. The summed E-state index contributed by atoms with van der Waals surface area (Å²) in [5.41, 5.74) is 5.73. The molecule has 0 bridgehead atoms. The zero-order valence-electron chi connectivity index (χ0n) is 8.12. The summed E-state index contributed by atoms with van der Waals surface area (Å²) in [5.74, 6) is 0. The average molecular weight is 172 g/mol. The number of nitrogens with zero attached hydrogens (tertiary/aromatic N) is 1. The van der Waals surface area contributed by atoms with Crippen molar-refractivity contribution in [3.63, 3.8) is 0 Å². The van der Waals surface area contributed by atoms with Gasteiger partial charge in [-0.3, -0.25) is 4.90 Å². The molecule has 1 aliphatic rings. The van der Waals surface area contributed by atoms with Crippen molar-refractivity contribution in [3.05, 3.63) is 0 Å². The summed E-state index contributed by atoms with van der Waals surface area (Å²) in [4.78, 5) is 2.39. The molecular formula is C9H20N2O. The number of morpholine rings is 1. The van der Waals surface area contributed by atoms with Crippen molar-refractivity contribution in [3.8, 4) is 0 Å². The number of rotatable bonds is 3. The van der Waals surface area contributed by atoms with Gasteiger partial charge in [0.05, 0.1) is 12.7 Å². The third-order valence-corrected chi connectivity index (χ3v) is 2.22. The van der Waals surface area contributed by atoms with Crippen LogP contribution in [0.25, 0.3) is 0 Å². The van der Waals surface area contributed by atoms with Crippen LogP contribution in [-0.4, -0.2) is 43.3 Å². The van der Waals surface area contributed by atoms with E-state index in [1.54, 1.807) is 0 Å². The van der Waals surface area contributed by atoms with Crippen LogP contribution in [0, 0.1) is 0 Å². The summed E-state index contributed by atoms with van der Waals surface area (Å²) < 4.78 is 5.56. The molecule has 1 saturated heterocycles. The minimum absolute atomic E-state index is 0.278. The molecule has 1 rings (SSSR count). The Morgan fingerprint density at radius 1 is 1.67 bits per heavy atom. The summed E-state index contributed by atoms with van der Waals surface area (Å²) in [5, 5.41) is 0. The Hall–Kier alpha value is -0.120. The molecule has 1 fully saturated rings. The van der Waals surface area contributed by atoms with Crippen molar-refractivity contribution < 1.29 is 4.74 Å². The molecule has 0 aromatic heterocycles. The highest BCUT2D eigenvalue weighted by molar-refractivity contribution is 4.72. The Bertz CT molecular complexity index is 128. The molecule has 0 saturated carbocycles. The van der Waals surface area contributed by atoms with Crippen molar-refractivity contribution in [2.45, 2.75) is 32.4 Å². The first-order valence-electron chi connectivity index (χ1n) is 4.82. The van der Waals surface area contributed by atoms with E-state index in [4.69, 9.17) is 10.5 Å². The minimum Gasteiger partial charge on any atom is -0.376 e. The molecule has 3 nitrogen and oxygen atoms in total. The molecular weight excluding hydrogens is 152 g/mol. The highest BCUT2D eigenvalue weighted by atomic mass is 16.5. The van der Waals surface area contributed by atoms with Crippen molar-refractivity contribution in [2.75, 3.05) is 26.2 Å². The highest BCUT2D eigenvalue weighted by Gasteiger charge is 2.18. The Morgan fingerprint density at radius 3 is 3.00 bits per heavy atom. The summed E-state index contributed by atoms with van der Waals surface area (Å²) in [7, 11) is 0. The largest absolute Gasteiger partial charge is 0.376 e. The smallest absolute Gasteiger partial charge is 0.0700 e. The van der Waals surface area contributed by atoms with Gasteiger partial charge in [0.15, 0.2) is 0 Å². The van der Waals surface area contributed by atoms with E-state index in [0.717, 1.165) is 32.7 Å². The van der Waals surface area contributed by atoms with E-state index < -0.39 is 0 Å². The number of nitrogens with two attached hydrogens (primary N) is 1. The monoisotopic (exact) mass is 172 g/mol. The van der Waals surface area contributed by atoms with Gasteiger partial charge in [-0.1, -0.05) is 6.92 Å². The maximum Gasteiger partial charge on any atom is 0.0700 e. The highest BCUT2D eigenvalue weighted by Crippen LogP contribution is 2.07. The standard InChI is InChI=1S/C9H20N2O/c1-3-9-7-11(4-5-12-9)6-8(2)10/h8-9H,3-7,10H2,1-2H3/t8-,9?/m1/s1. The van der Waals surface area contributed by atoms with E-state index in [1.807, 2.05) is 0 Å². The van der Waals surface area contributed by atoms with Gasteiger partial charge in [0.1, 0.15) is 0 Å². The van der Waals surface area contributed by atoms with Crippen molar-refractivity contribution >= 4 is 0 Å². The second kappa shape index (κ2) is 4.80. The van der Waals surface area contributed by atoms with Crippen LogP contribution in [0.5, 0.6) is 0 Å². The Balaban J connectivity index is 2.25. The minimum atomic E-state index is 0.278. The molecule has 1 unspecified atom stereocenters. The molecule has 1 aliphatic heterocycles. The van der Waals surface area contributed by atoms with Crippen LogP contribution in [0.15, 0.2) is 0 Å². The lowest BCUT2D eigenvalue weighted by Gasteiger charge is -2.33. The summed E-state index contributed by atoms with van der Waals surface area (Å²) in [6.07, 6.45) is 1.53. The van der Waals surface area contributed by atoms with E-state index in [2.05, 4.69) is 18.7 Å². The topological polar surface area (TPSA) is 38.5 Å². The van der Waals surface area contributed by atoms with Crippen LogP contribution < -0.4 is 5.73 Å². The zero-order chi connectivity index (χ0) is 8.97. The Labute approximate surface area is 74.9 Å². The molecule has 1 heterocycles. The number of hydrogen-bond donors (Lipinski definition) is 1. The summed E-state index contributed by atoms with van der Waals surface area (Å²) in [6.45, 7) is 8.18. The van der Waals surface area contributed by atoms with E-state index in [1.165, 1.54) is 0 Å². The molecule has 12 heavy (non-hydrogen) atoms. The first kappa shape index (κ1) is 9.96. The molecule has 0 spiro atoms. The maximum atomic E-state index is 5.73. The summed E-state index contributed by atoms with van der Waals surface area (Å²) >= 11 is 0. The molecule has 2 N–H and O–H groups in total. The Morgan fingerprint density at radius 2 is 2.42 bits per heavy atom. The van der Waals surface area contributed by atoms with Crippen molar-refractivity contribution in [1.82, 2.24) is 4.90 Å². The molecule has 0 aliphatic carbocycles. The Kier molecular flexibility index (Phi) is 3.98. The third-order valence-electron chi connectivity index (χ3n) is 2.22. The second-order valence-electron chi connectivity index (χ2n) is 3.64. The van der Waals surface area contributed by atoms with Gasteiger partial charge in [0, 0.05) is 25.7 Å². The maximum absolute atomic E-state index is 5.73.